The van der Waals surface area contributed by atoms with Crippen LogP contribution in [0.1, 0.15) is 31.4 Å². The van der Waals surface area contributed by atoms with Gasteiger partial charge in [-0.15, -0.1) is 0 Å². The van der Waals surface area contributed by atoms with Crippen molar-refractivity contribution in [2.45, 2.75) is 38.3 Å². The fourth-order valence-corrected chi connectivity index (χ4v) is 3.03. The van der Waals surface area contributed by atoms with Crippen LogP contribution in [0.2, 0.25) is 0 Å². The molecule has 0 bridgehead atoms. The number of aliphatic carboxylic acids is 1. The maximum absolute atomic E-state index is 12.9. The summed E-state index contributed by atoms with van der Waals surface area (Å²) >= 11 is 0. The minimum Gasteiger partial charge on any atom is -0.481 e. The zero-order chi connectivity index (χ0) is 16.2. The third kappa shape index (κ3) is 3.99. The Kier molecular flexibility index (Phi) is 4.76. The van der Waals surface area contributed by atoms with Gasteiger partial charge in [-0.25, -0.2) is 4.39 Å². The fraction of sp³-hybridized carbons (Fsp3) is 0.389. The van der Waals surface area contributed by atoms with E-state index in [0.29, 0.717) is 12.6 Å². The first-order valence-electron chi connectivity index (χ1n) is 7.92. The highest BCUT2D eigenvalue weighted by Gasteiger charge is 2.25. The third-order valence-electron chi connectivity index (χ3n) is 4.43. The van der Waals surface area contributed by atoms with Gasteiger partial charge in [0.2, 0.25) is 0 Å². The highest BCUT2D eigenvalue weighted by Crippen LogP contribution is 2.26. The smallest absolute Gasteiger partial charge is 0.306 e. The van der Waals surface area contributed by atoms with Crippen LogP contribution in [-0.4, -0.2) is 17.1 Å². The molecule has 1 aliphatic rings. The molecule has 23 heavy (non-hydrogen) atoms. The summed E-state index contributed by atoms with van der Waals surface area (Å²) < 4.78 is 18.7. The maximum atomic E-state index is 12.9. The molecule has 0 amide bonds. The average molecular weight is 317 g/mol. The maximum Gasteiger partial charge on any atom is 0.306 e. The lowest BCUT2D eigenvalue weighted by molar-refractivity contribution is -0.142. The van der Waals surface area contributed by atoms with E-state index in [1.165, 1.54) is 12.1 Å². The number of hydrogen-bond acceptors (Lipinski definition) is 3. The Morgan fingerprint density at radius 2 is 1.83 bits per heavy atom. The van der Waals surface area contributed by atoms with Crippen molar-refractivity contribution in [3.8, 4) is 11.3 Å². The van der Waals surface area contributed by atoms with E-state index in [9.17, 15) is 9.18 Å². The Balaban J connectivity index is 1.52. The van der Waals surface area contributed by atoms with Gasteiger partial charge < -0.3 is 14.8 Å². The van der Waals surface area contributed by atoms with Crippen molar-refractivity contribution in [2.75, 3.05) is 0 Å². The molecule has 0 radical (unpaired) electrons. The Morgan fingerprint density at radius 3 is 2.48 bits per heavy atom. The third-order valence-corrected chi connectivity index (χ3v) is 4.43. The first-order chi connectivity index (χ1) is 11.1. The van der Waals surface area contributed by atoms with Crippen LogP contribution in [0.15, 0.2) is 40.8 Å². The van der Waals surface area contributed by atoms with Crippen LogP contribution in [-0.2, 0) is 11.3 Å². The van der Waals surface area contributed by atoms with Crippen LogP contribution in [0.5, 0.6) is 0 Å². The standard InChI is InChI=1S/C18H20FNO3/c19-14-5-1-12(2-6-14)17-10-9-16(23-17)11-20-15-7-3-13(4-8-15)18(21)22/h1-2,5-6,9-10,13,15,20H,3-4,7-8,11H2,(H,21,22). The minimum atomic E-state index is -0.682. The average Bonchev–Trinajstić information content (AvgIpc) is 3.03. The summed E-state index contributed by atoms with van der Waals surface area (Å²) in [5.74, 6) is 0.403. The van der Waals surface area contributed by atoms with Gasteiger partial charge in [0.1, 0.15) is 17.3 Å². The van der Waals surface area contributed by atoms with Gasteiger partial charge in [0.25, 0.3) is 0 Å². The molecule has 1 fully saturated rings. The molecule has 2 N–H and O–H groups in total. The number of carboxylic acids is 1. The molecule has 0 spiro atoms. The topological polar surface area (TPSA) is 62.5 Å². The highest BCUT2D eigenvalue weighted by molar-refractivity contribution is 5.70. The van der Waals surface area contributed by atoms with Gasteiger partial charge in [0, 0.05) is 11.6 Å². The van der Waals surface area contributed by atoms with Gasteiger partial charge in [0.15, 0.2) is 0 Å². The molecule has 1 aliphatic carbocycles. The van der Waals surface area contributed by atoms with Gasteiger partial charge in [-0.2, -0.15) is 0 Å². The summed E-state index contributed by atoms with van der Waals surface area (Å²) in [6.07, 6.45) is 3.21. The normalized spacial score (nSPS) is 21.3. The molecular formula is C18H20FNO3. The molecule has 4 nitrogen and oxygen atoms in total. The van der Waals surface area contributed by atoms with Crippen molar-refractivity contribution in [1.29, 1.82) is 0 Å². The molecular weight excluding hydrogens is 297 g/mol. The second-order valence-corrected chi connectivity index (χ2v) is 6.04. The summed E-state index contributed by atoms with van der Waals surface area (Å²) in [7, 11) is 0. The second-order valence-electron chi connectivity index (χ2n) is 6.04. The van der Waals surface area contributed by atoms with E-state index in [0.717, 1.165) is 42.8 Å². The van der Waals surface area contributed by atoms with Crippen molar-refractivity contribution in [3.05, 3.63) is 48.0 Å². The fourth-order valence-electron chi connectivity index (χ4n) is 3.03. The monoisotopic (exact) mass is 317 g/mol. The number of benzene rings is 1. The molecule has 3 rings (SSSR count). The van der Waals surface area contributed by atoms with Crippen LogP contribution >= 0.6 is 0 Å². The molecule has 0 aliphatic heterocycles. The van der Waals surface area contributed by atoms with E-state index in [1.807, 2.05) is 12.1 Å². The molecule has 1 aromatic heterocycles. The predicted octanol–water partition coefficient (Wildman–Crippen LogP) is 3.82. The van der Waals surface area contributed by atoms with E-state index in [-0.39, 0.29) is 11.7 Å². The summed E-state index contributed by atoms with van der Waals surface area (Å²) in [4.78, 5) is 10.9. The number of carboxylic acid groups (broad SMARTS) is 1. The first kappa shape index (κ1) is 15.7. The number of rotatable bonds is 5. The molecule has 0 atom stereocenters. The van der Waals surface area contributed by atoms with E-state index in [4.69, 9.17) is 9.52 Å². The number of carbonyl (C=O) groups is 1. The van der Waals surface area contributed by atoms with Gasteiger partial charge in [0.05, 0.1) is 12.5 Å². The molecule has 2 aromatic rings. The SMILES string of the molecule is O=C(O)C1CCC(NCc2ccc(-c3ccc(F)cc3)o2)CC1. The van der Waals surface area contributed by atoms with Gasteiger partial charge in [-0.05, 0) is 62.1 Å². The Hall–Kier alpha value is -2.14. The van der Waals surface area contributed by atoms with Crippen molar-refractivity contribution >= 4 is 5.97 Å². The van der Waals surface area contributed by atoms with Crippen molar-refractivity contribution in [2.24, 2.45) is 5.92 Å². The lowest BCUT2D eigenvalue weighted by Gasteiger charge is -2.26. The number of hydrogen-bond donors (Lipinski definition) is 2. The summed E-state index contributed by atoms with van der Waals surface area (Å²) in [5.41, 5.74) is 0.847. The Morgan fingerprint density at radius 1 is 1.13 bits per heavy atom. The van der Waals surface area contributed by atoms with Gasteiger partial charge in [-0.1, -0.05) is 0 Å². The minimum absolute atomic E-state index is 0.193. The zero-order valence-electron chi connectivity index (χ0n) is 12.8. The van der Waals surface area contributed by atoms with Crippen LogP contribution in [0.3, 0.4) is 0 Å². The molecule has 1 heterocycles. The lowest BCUT2D eigenvalue weighted by atomic mass is 9.86. The summed E-state index contributed by atoms with van der Waals surface area (Å²) in [5, 5.41) is 12.4. The molecule has 1 aromatic carbocycles. The van der Waals surface area contributed by atoms with Crippen LogP contribution < -0.4 is 5.32 Å². The van der Waals surface area contributed by atoms with Crippen LogP contribution in [0.4, 0.5) is 4.39 Å². The second kappa shape index (κ2) is 6.96. The Labute approximate surface area is 134 Å². The van der Waals surface area contributed by atoms with E-state index in [1.54, 1.807) is 12.1 Å². The van der Waals surface area contributed by atoms with E-state index < -0.39 is 5.97 Å². The number of nitrogens with one attached hydrogen (secondary N) is 1. The summed E-state index contributed by atoms with van der Waals surface area (Å²) in [6.45, 7) is 0.615. The van der Waals surface area contributed by atoms with Crippen LogP contribution in [0, 0.1) is 11.7 Å². The Bertz CT molecular complexity index is 657. The predicted molar refractivity (Wildman–Crippen MR) is 84.3 cm³/mol. The lowest BCUT2D eigenvalue weighted by Crippen LogP contribution is -2.34. The quantitative estimate of drug-likeness (QED) is 0.880. The summed E-state index contributed by atoms with van der Waals surface area (Å²) in [6, 6.07) is 10.3. The van der Waals surface area contributed by atoms with E-state index in [2.05, 4.69) is 5.32 Å². The largest absolute Gasteiger partial charge is 0.481 e. The molecule has 0 unspecified atom stereocenters. The molecule has 0 saturated heterocycles. The van der Waals surface area contributed by atoms with Crippen molar-refractivity contribution < 1.29 is 18.7 Å². The number of furan rings is 1. The first-order valence-corrected chi connectivity index (χ1v) is 7.92. The van der Waals surface area contributed by atoms with Crippen LogP contribution in [0.25, 0.3) is 11.3 Å². The number of halogens is 1. The molecule has 1 saturated carbocycles. The zero-order valence-corrected chi connectivity index (χ0v) is 12.8. The van der Waals surface area contributed by atoms with Gasteiger partial charge in [-0.3, -0.25) is 4.79 Å². The van der Waals surface area contributed by atoms with Crippen molar-refractivity contribution in [3.63, 3.8) is 0 Å². The molecule has 5 heteroatoms. The van der Waals surface area contributed by atoms with Crippen molar-refractivity contribution in [1.82, 2.24) is 5.32 Å². The highest BCUT2D eigenvalue weighted by atomic mass is 19.1. The van der Waals surface area contributed by atoms with Gasteiger partial charge >= 0.3 is 5.97 Å². The van der Waals surface area contributed by atoms with E-state index >= 15 is 0 Å². The molecule has 122 valence electrons.